The van der Waals surface area contributed by atoms with E-state index in [1.54, 1.807) is 14.2 Å². The van der Waals surface area contributed by atoms with Crippen molar-refractivity contribution in [3.63, 3.8) is 0 Å². The zero-order valence-corrected chi connectivity index (χ0v) is 9.32. The summed E-state index contributed by atoms with van der Waals surface area (Å²) >= 11 is 0. The summed E-state index contributed by atoms with van der Waals surface area (Å²) in [6.07, 6.45) is 1.70. The smallest absolute Gasteiger partial charge is 0.127 e. The first-order valence-electron chi connectivity index (χ1n) is 4.94. The molecule has 0 bridgehead atoms. The number of methoxy groups -OCH3 is 2. The molecule has 0 aromatic heterocycles. The van der Waals surface area contributed by atoms with Gasteiger partial charge in [-0.05, 0) is 24.6 Å². The van der Waals surface area contributed by atoms with Gasteiger partial charge < -0.3 is 14.3 Å². The highest BCUT2D eigenvalue weighted by Gasteiger charge is 2.14. The zero-order valence-electron chi connectivity index (χ0n) is 9.32. The van der Waals surface area contributed by atoms with Crippen LogP contribution in [0.15, 0.2) is 18.2 Å². The Labute approximate surface area is 90.0 Å². The Kier molecular flexibility index (Phi) is 4.16. The van der Waals surface area contributed by atoms with Gasteiger partial charge in [0, 0.05) is 11.5 Å². The maximum Gasteiger partial charge on any atom is 0.127 e. The van der Waals surface area contributed by atoms with Gasteiger partial charge in [0.15, 0.2) is 0 Å². The Morgan fingerprint density at radius 1 is 1.33 bits per heavy atom. The van der Waals surface area contributed by atoms with Crippen LogP contribution in [0.5, 0.6) is 11.5 Å². The van der Waals surface area contributed by atoms with Crippen molar-refractivity contribution in [2.75, 3.05) is 14.2 Å². The lowest BCUT2D eigenvalue weighted by Gasteiger charge is -2.14. The van der Waals surface area contributed by atoms with Crippen LogP contribution >= 0.6 is 0 Å². The molecule has 1 unspecified atom stereocenters. The predicted octanol–water partition coefficient (Wildman–Crippen LogP) is 2.40. The lowest BCUT2D eigenvalue weighted by molar-refractivity contribution is -0.109. The third-order valence-electron chi connectivity index (χ3n) is 2.44. The first-order valence-corrected chi connectivity index (χ1v) is 4.94. The second-order valence-electron chi connectivity index (χ2n) is 3.26. The van der Waals surface area contributed by atoms with E-state index < -0.39 is 0 Å². The van der Waals surface area contributed by atoms with Crippen LogP contribution in [0.4, 0.5) is 0 Å². The standard InChI is InChI=1S/C12H16O3/c1-4-9(8-13)11-7-10(14-2)5-6-12(11)15-3/h5-9H,4H2,1-3H3. The molecule has 1 aromatic carbocycles. The number of rotatable bonds is 5. The van der Waals surface area contributed by atoms with Gasteiger partial charge in [-0.3, -0.25) is 0 Å². The number of hydrogen-bond donors (Lipinski definition) is 0. The molecular formula is C12H16O3. The minimum absolute atomic E-state index is 0.130. The van der Waals surface area contributed by atoms with Crippen molar-refractivity contribution in [1.29, 1.82) is 0 Å². The summed E-state index contributed by atoms with van der Waals surface area (Å²) < 4.78 is 10.3. The molecule has 3 heteroatoms. The lowest BCUT2D eigenvalue weighted by atomic mass is 9.97. The SMILES string of the molecule is CCC(C=O)c1cc(OC)ccc1OC. The van der Waals surface area contributed by atoms with E-state index in [1.807, 2.05) is 25.1 Å². The predicted molar refractivity (Wildman–Crippen MR) is 58.6 cm³/mol. The number of ether oxygens (including phenoxy) is 2. The summed E-state index contributed by atoms with van der Waals surface area (Å²) in [5, 5.41) is 0. The van der Waals surface area contributed by atoms with Gasteiger partial charge >= 0.3 is 0 Å². The molecule has 15 heavy (non-hydrogen) atoms. The van der Waals surface area contributed by atoms with Crippen molar-refractivity contribution in [2.45, 2.75) is 19.3 Å². The highest BCUT2D eigenvalue weighted by atomic mass is 16.5. The molecule has 0 aliphatic rings. The van der Waals surface area contributed by atoms with Crippen LogP contribution in [-0.2, 0) is 4.79 Å². The Balaban J connectivity index is 3.15. The molecule has 0 saturated heterocycles. The maximum absolute atomic E-state index is 10.9. The van der Waals surface area contributed by atoms with Crippen LogP contribution in [0.2, 0.25) is 0 Å². The number of aldehydes is 1. The summed E-state index contributed by atoms with van der Waals surface area (Å²) in [5.41, 5.74) is 0.884. The Bertz CT molecular complexity index is 334. The molecule has 0 amide bonds. The van der Waals surface area contributed by atoms with Gasteiger partial charge in [0.25, 0.3) is 0 Å². The average Bonchev–Trinajstić information content (AvgIpc) is 2.30. The molecule has 1 rings (SSSR count). The summed E-state index contributed by atoms with van der Waals surface area (Å²) in [6.45, 7) is 1.97. The van der Waals surface area contributed by atoms with E-state index in [2.05, 4.69) is 0 Å². The van der Waals surface area contributed by atoms with Gasteiger partial charge in [-0.25, -0.2) is 0 Å². The molecule has 82 valence electrons. The van der Waals surface area contributed by atoms with E-state index in [-0.39, 0.29) is 5.92 Å². The number of benzene rings is 1. The minimum Gasteiger partial charge on any atom is -0.497 e. The second-order valence-corrected chi connectivity index (χ2v) is 3.26. The fourth-order valence-electron chi connectivity index (χ4n) is 1.52. The molecule has 0 saturated carbocycles. The molecule has 0 fully saturated rings. The van der Waals surface area contributed by atoms with Crippen LogP contribution in [0.25, 0.3) is 0 Å². The first-order chi connectivity index (χ1) is 7.26. The van der Waals surface area contributed by atoms with E-state index in [0.717, 1.165) is 29.8 Å². The Hall–Kier alpha value is -1.51. The summed E-state index contributed by atoms with van der Waals surface area (Å²) in [4.78, 5) is 10.9. The zero-order chi connectivity index (χ0) is 11.3. The summed E-state index contributed by atoms with van der Waals surface area (Å²) in [5.74, 6) is 1.34. The molecule has 0 heterocycles. The number of carbonyl (C=O) groups is 1. The molecule has 0 spiro atoms. The van der Waals surface area contributed by atoms with Crippen molar-refractivity contribution < 1.29 is 14.3 Å². The van der Waals surface area contributed by atoms with Crippen molar-refractivity contribution in [3.8, 4) is 11.5 Å². The van der Waals surface area contributed by atoms with Crippen LogP contribution in [0.3, 0.4) is 0 Å². The summed E-state index contributed by atoms with van der Waals surface area (Å²) in [7, 11) is 3.20. The highest BCUT2D eigenvalue weighted by molar-refractivity contribution is 5.65. The van der Waals surface area contributed by atoms with Crippen LogP contribution in [0, 0.1) is 0 Å². The molecule has 0 radical (unpaired) electrons. The topological polar surface area (TPSA) is 35.5 Å². The van der Waals surface area contributed by atoms with E-state index in [0.29, 0.717) is 0 Å². The Morgan fingerprint density at radius 3 is 2.53 bits per heavy atom. The van der Waals surface area contributed by atoms with Crippen molar-refractivity contribution >= 4 is 6.29 Å². The van der Waals surface area contributed by atoms with Gasteiger partial charge in [-0.2, -0.15) is 0 Å². The molecule has 0 N–H and O–H groups in total. The van der Waals surface area contributed by atoms with Crippen LogP contribution < -0.4 is 9.47 Å². The first kappa shape index (κ1) is 11.6. The molecule has 0 aliphatic heterocycles. The van der Waals surface area contributed by atoms with Crippen molar-refractivity contribution in [2.24, 2.45) is 0 Å². The van der Waals surface area contributed by atoms with Crippen LogP contribution in [0.1, 0.15) is 24.8 Å². The fourth-order valence-corrected chi connectivity index (χ4v) is 1.52. The third-order valence-corrected chi connectivity index (χ3v) is 2.44. The van der Waals surface area contributed by atoms with Gasteiger partial charge in [0.1, 0.15) is 17.8 Å². The number of carbonyl (C=O) groups excluding carboxylic acids is 1. The van der Waals surface area contributed by atoms with Gasteiger partial charge in [-0.1, -0.05) is 6.92 Å². The van der Waals surface area contributed by atoms with Gasteiger partial charge in [0.05, 0.1) is 14.2 Å². The lowest BCUT2D eigenvalue weighted by Crippen LogP contribution is -2.02. The Morgan fingerprint density at radius 2 is 2.07 bits per heavy atom. The normalized spacial score (nSPS) is 11.9. The van der Waals surface area contributed by atoms with E-state index >= 15 is 0 Å². The average molecular weight is 208 g/mol. The fraction of sp³-hybridized carbons (Fsp3) is 0.417. The molecule has 1 aromatic rings. The van der Waals surface area contributed by atoms with E-state index in [4.69, 9.17) is 9.47 Å². The van der Waals surface area contributed by atoms with Crippen LogP contribution in [-0.4, -0.2) is 20.5 Å². The largest absolute Gasteiger partial charge is 0.497 e. The molecule has 3 nitrogen and oxygen atoms in total. The quantitative estimate of drug-likeness (QED) is 0.697. The third kappa shape index (κ3) is 2.49. The van der Waals surface area contributed by atoms with Crippen molar-refractivity contribution in [1.82, 2.24) is 0 Å². The van der Waals surface area contributed by atoms with Crippen molar-refractivity contribution in [3.05, 3.63) is 23.8 Å². The van der Waals surface area contributed by atoms with E-state index in [9.17, 15) is 4.79 Å². The molecular weight excluding hydrogens is 192 g/mol. The maximum atomic E-state index is 10.9. The summed E-state index contributed by atoms with van der Waals surface area (Å²) in [6, 6.07) is 5.49. The minimum atomic E-state index is -0.130. The number of hydrogen-bond acceptors (Lipinski definition) is 3. The van der Waals surface area contributed by atoms with Gasteiger partial charge in [-0.15, -0.1) is 0 Å². The monoisotopic (exact) mass is 208 g/mol. The second kappa shape index (κ2) is 5.39. The highest BCUT2D eigenvalue weighted by Crippen LogP contribution is 2.31. The van der Waals surface area contributed by atoms with E-state index in [1.165, 1.54) is 0 Å². The molecule has 1 atom stereocenters. The molecule has 0 aliphatic carbocycles. The van der Waals surface area contributed by atoms with Gasteiger partial charge in [0.2, 0.25) is 0 Å².